The topological polar surface area (TPSA) is 23.1 Å². The van der Waals surface area contributed by atoms with E-state index in [1.54, 1.807) is 0 Å². The minimum atomic E-state index is -2.90. The summed E-state index contributed by atoms with van der Waals surface area (Å²) >= 11 is 0. The molecule has 0 amide bonds. The standard InChI is InChI=1S/C19H25OSi.ClH.Mg/c1-12-8-10-18(16(5)14(12)3)21(7,20)19-11-9-13(2)15(4)17(19)6;;/h8-11H,1-7H3;1H;/q-1;;+2/p-1. The van der Waals surface area contributed by atoms with Crippen LogP contribution in [-0.2, 0) is 0 Å². The zero-order valence-corrected chi connectivity index (χ0v) is 18.5. The number of hydrogen-bond donors (Lipinski definition) is 0. The maximum Gasteiger partial charge on any atom is 2.00 e. The van der Waals surface area contributed by atoms with Gasteiger partial charge >= 0.3 is 23.1 Å². The number of rotatable bonds is 2. The molecule has 0 N–H and O–H groups in total. The molecule has 0 atom stereocenters. The van der Waals surface area contributed by atoms with Crippen LogP contribution in [0.2, 0.25) is 6.55 Å². The molecule has 0 unspecified atom stereocenters. The van der Waals surface area contributed by atoms with Crippen molar-refractivity contribution in [3.05, 3.63) is 57.6 Å². The molecule has 23 heavy (non-hydrogen) atoms. The van der Waals surface area contributed by atoms with Gasteiger partial charge in [0, 0.05) is 8.32 Å². The average molecular weight is 357 g/mol. The molecule has 0 aliphatic rings. The molecule has 1 nitrogen and oxygen atoms in total. The van der Waals surface area contributed by atoms with Crippen LogP contribution in [0.1, 0.15) is 33.4 Å². The van der Waals surface area contributed by atoms with E-state index in [1.807, 2.05) is 6.55 Å². The van der Waals surface area contributed by atoms with Crippen molar-refractivity contribution in [1.82, 2.24) is 0 Å². The maximum absolute atomic E-state index is 13.6. The van der Waals surface area contributed by atoms with Crippen LogP contribution in [0, 0.1) is 41.5 Å². The van der Waals surface area contributed by atoms with Crippen LogP contribution >= 0.6 is 0 Å². The van der Waals surface area contributed by atoms with Crippen LogP contribution in [0.15, 0.2) is 24.3 Å². The van der Waals surface area contributed by atoms with Crippen LogP contribution in [0.25, 0.3) is 0 Å². The van der Waals surface area contributed by atoms with Gasteiger partial charge in [0.2, 0.25) is 0 Å². The van der Waals surface area contributed by atoms with E-state index in [2.05, 4.69) is 65.8 Å². The molecule has 2 rings (SSSR count). The summed E-state index contributed by atoms with van der Waals surface area (Å²) in [6.45, 7) is 14.6. The quantitative estimate of drug-likeness (QED) is 0.647. The SMILES string of the molecule is Cc1ccc([Si](C)([O-])c2ccc(C)c(C)c2C)c(C)c1C.[Cl-].[Mg+2]. The van der Waals surface area contributed by atoms with E-state index >= 15 is 0 Å². The minimum absolute atomic E-state index is 0. The molecule has 0 bridgehead atoms. The Bertz CT molecular complexity index is 652. The fourth-order valence-electron chi connectivity index (χ4n) is 3.09. The van der Waals surface area contributed by atoms with Crippen molar-refractivity contribution in [3.63, 3.8) is 0 Å². The van der Waals surface area contributed by atoms with Crippen molar-refractivity contribution in [2.75, 3.05) is 0 Å². The van der Waals surface area contributed by atoms with E-state index in [0.717, 1.165) is 10.4 Å². The molecule has 0 heterocycles. The number of benzene rings is 2. The first-order chi connectivity index (χ1) is 9.67. The summed E-state index contributed by atoms with van der Waals surface area (Å²) in [7, 11) is -2.90. The van der Waals surface area contributed by atoms with Gasteiger partial charge in [0.25, 0.3) is 0 Å². The van der Waals surface area contributed by atoms with Gasteiger partial charge in [-0.2, -0.15) is 0 Å². The molecule has 0 fully saturated rings. The van der Waals surface area contributed by atoms with Crippen molar-refractivity contribution in [2.45, 2.75) is 48.1 Å². The third-order valence-electron chi connectivity index (χ3n) is 5.14. The molecule has 2 aromatic rings. The number of hydrogen-bond acceptors (Lipinski definition) is 1. The Morgan fingerprint density at radius 1 is 0.652 bits per heavy atom. The Morgan fingerprint density at radius 2 is 0.957 bits per heavy atom. The van der Waals surface area contributed by atoms with E-state index in [1.165, 1.54) is 33.4 Å². The zero-order valence-electron chi connectivity index (χ0n) is 15.3. The van der Waals surface area contributed by atoms with Gasteiger partial charge in [-0.3, -0.25) is 0 Å². The maximum atomic E-state index is 13.6. The summed E-state index contributed by atoms with van der Waals surface area (Å²) in [4.78, 5) is 13.6. The Hall–Kier alpha value is -0.327. The Balaban J connectivity index is 0.00000242. The van der Waals surface area contributed by atoms with Gasteiger partial charge in [-0.15, -0.1) is 0 Å². The van der Waals surface area contributed by atoms with Gasteiger partial charge in [0.15, 0.2) is 0 Å². The van der Waals surface area contributed by atoms with Crippen LogP contribution in [0.5, 0.6) is 0 Å². The molecule has 0 aromatic heterocycles. The molecule has 0 saturated carbocycles. The van der Waals surface area contributed by atoms with Crippen molar-refractivity contribution >= 4 is 41.7 Å². The summed E-state index contributed by atoms with van der Waals surface area (Å²) in [6, 6.07) is 8.31. The fourth-order valence-corrected chi connectivity index (χ4v) is 5.99. The fraction of sp³-hybridized carbons (Fsp3) is 0.368. The number of halogens is 1. The van der Waals surface area contributed by atoms with Crippen molar-refractivity contribution in [2.24, 2.45) is 0 Å². The van der Waals surface area contributed by atoms with E-state index in [0.29, 0.717) is 0 Å². The molecular weight excluding hydrogens is 332 g/mol. The second-order valence-corrected chi connectivity index (χ2v) is 9.54. The van der Waals surface area contributed by atoms with Gasteiger partial charge in [-0.25, -0.2) is 0 Å². The molecule has 4 heteroatoms. The average Bonchev–Trinajstić information content (AvgIpc) is 2.41. The van der Waals surface area contributed by atoms with E-state index in [4.69, 9.17) is 0 Å². The van der Waals surface area contributed by atoms with Gasteiger partial charge in [0.05, 0.1) is 0 Å². The Morgan fingerprint density at radius 3 is 1.26 bits per heavy atom. The third-order valence-corrected chi connectivity index (χ3v) is 8.28. The predicted molar refractivity (Wildman–Crippen MR) is 97.9 cm³/mol. The van der Waals surface area contributed by atoms with E-state index in [9.17, 15) is 4.80 Å². The first-order valence-corrected chi connectivity index (χ1v) is 9.93. The first-order valence-electron chi connectivity index (χ1n) is 7.53. The minimum Gasteiger partial charge on any atom is -1.00 e. The zero-order chi connectivity index (χ0) is 15.9. The van der Waals surface area contributed by atoms with Crippen LogP contribution < -0.4 is 27.6 Å². The molecule has 0 spiro atoms. The summed E-state index contributed by atoms with van der Waals surface area (Å²) in [5.41, 5.74) is 7.39. The summed E-state index contributed by atoms with van der Waals surface area (Å²) in [6.07, 6.45) is 0. The summed E-state index contributed by atoms with van der Waals surface area (Å²) < 4.78 is 0. The molecule has 0 aliphatic heterocycles. The normalized spacial score (nSPS) is 10.8. The molecule has 120 valence electrons. The molecule has 0 aliphatic carbocycles. The van der Waals surface area contributed by atoms with Gasteiger partial charge in [0.1, 0.15) is 0 Å². The van der Waals surface area contributed by atoms with Crippen molar-refractivity contribution in [1.29, 1.82) is 0 Å². The van der Waals surface area contributed by atoms with Gasteiger partial charge in [-0.1, -0.05) is 41.2 Å². The second kappa shape index (κ2) is 8.17. The third kappa shape index (κ3) is 4.02. The van der Waals surface area contributed by atoms with Crippen LogP contribution in [0.3, 0.4) is 0 Å². The molecule has 2 aromatic carbocycles. The Labute approximate surface area is 164 Å². The first kappa shape index (κ1) is 22.7. The molecular formula is C19H25ClMgOSi. The van der Waals surface area contributed by atoms with Gasteiger partial charge < -0.3 is 17.2 Å². The smallest absolute Gasteiger partial charge is 1.00 e. The summed E-state index contributed by atoms with van der Waals surface area (Å²) in [5.74, 6) is 0. The monoisotopic (exact) mass is 356 g/mol. The Kier molecular flexibility index (Phi) is 8.05. The van der Waals surface area contributed by atoms with E-state index < -0.39 is 8.32 Å². The second-order valence-electron chi connectivity index (χ2n) is 6.39. The van der Waals surface area contributed by atoms with Crippen molar-refractivity contribution in [3.8, 4) is 0 Å². The molecule has 0 saturated heterocycles. The largest absolute Gasteiger partial charge is 2.00 e. The van der Waals surface area contributed by atoms with Crippen molar-refractivity contribution < 1.29 is 17.2 Å². The van der Waals surface area contributed by atoms with Crippen LogP contribution in [-0.4, -0.2) is 31.4 Å². The summed E-state index contributed by atoms with van der Waals surface area (Å²) in [5, 5.41) is 2.05. The van der Waals surface area contributed by atoms with Crippen LogP contribution in [0.4, 0.5) is 0 Å². The molecule has 0 radical (unpaired) electrons. The van der Waals surface area contributed by atoms with E-state index in [-0.39, 0.29) is 35.5 Å². The number of aryl methyl sites for hydroxylation is 2. The van der Waals surface area contributed by atoms with Gasteiger partial charge in [-0.05, 0) is 74.9 Å². The predicted octanol–water partition coefficient (Wildman–Crippen LogP) is -0.790.